The third kappa shape index (κ3) is 12.9. The summed E-state index contributed by atoms with van der Waals surface area (Å²) in [5, 5.41) is 0. The third-order valence-electron chi connectivity index (χ3n) is 2.74. The van der Waals surface area contributed by atoms with Crippen LogP contribution in [-0.2, 0) is 16.0 Å². The topological polar surface area (TPSA) is 26.3 Å². The van der Waals surface area contributed by atoms with Gasteiger partial charge in [0.25, 0.3) is 6.47 Å². The van der Waals surface area contributed by atoms with Gasteiger partial charge in [0.05, 0.1) is 7.11 Å². The van der Waals surface area contributed by atoms with Crippen LogP contribution in [0, 0.1) is 6.92 Å². The lowest BCUT2D eigenvalue weighted by molar-refractivity contribution is -0.126. The van der Waals surface area contributed by atoms with Crippen LogP contribution < -0.4 is 0 Å². The maximum absolute atomic E-state index is 8.95. The lowest BCUT2D eigenvalue weighted by Crippen LogP contribution is -1.87. The van der Waals surface area contributed by atoms with Crippen LogP contribution in [0.1, 0.15) is 38.3 Å². The van der Waals surface area contributed by atoms with Gasteiger partial charge in [-0.15, -0.1) is 0 Å². The number of carbonyl (C=O) groups is 1. The van der Waals surface area contributed by atoms with Crippen molar-refractivity contribution in [3.63, 3.8) is 0 Å². The van der Waals surface area contributed by atoms with Crippen molar-refractivity contribution in [1.82, 2.24) is 0 Å². The van der Waals surface area contributed by atoms with Crippen molar-refractivity contribution in [2.45, 2.75) is 40.5 Å². The fourth-order valence-corrected chi connectivity index (χ4v) is 1.56. The summed E-state index contributed by atoms with van der Waals surface area (Å²) in [6.45, 7) is 12.3. The zero-order chi connectivity index (χ0) is 17.2. The molecule has 1 rings (SSSR count). The fraction of sp³-hybridized carbons (Fsp3) is 0.350. The molecule has 0 atom stereocenters. The van der Waals surface area contributed by atoms with E-state index in [-0.39, 0.29) is 0 Å². The van der Waals surface area contributed by atoms with Crippen molar-refractivity contribution < 1.29 is 9.53 Å². The van der Waals surface area contributed by atoms with Gasteiger partial charge in [-0.25, -0.2) is 0 Å². The second-order valence-electron chi connectivity index (χ2n) is 4.28. The van der Waals surface area contributed by atoms with Gasteiger partial charge in [0, 0.05) is 0 Å². The SMILES string of the molecule is C=C/C=C\C(=C/C)CCc1ccc(C)cc1.CC.COC=O. The van der Waals surface area contributed by atoms with Crippen LogP contribution in [0.4, 0.5) is 0 Å². The Kier molecular flexibility index (Phi) is 17.1. The Morgan fingerprint density at radius 1 is 1.23 bits per heavy atom. The summed E-state index contributed by atoms with van der Waals surface area (Å²) in [5.74, 6) is 0. The number of hydrogen-bond donors (Lipinski definition) is 0. The highest BCUT2D eigenvalue weighted by molar-refractivity contribution is 5.36. The maximum atomic E-state index is 8.95. The molecule has 0 N–H and O–H groups in total. The summed E-state index contributed by atoms with van der Waals surface area (Å²) < 4.78 is 3.86. The lowest BCUT2D eigenvalue weighted by Gasteiger charge is -2.03. The number of methoxy groups -OCH3 is 1. The highest BCUT2D eigenvalue weighted by atomic mass is 16.5. The summed E-state index contributed by atoms with van der Waals surface area (Å²) in [6, 6.07) is 8.76. The summed E-state index contributed by atoms with van der Waals surface area (Å²) in [5.41, 5.74) is 4.08. The van der Waals surface area contributed by atoms with Gasteiger partial charge < -0.3 is 4.74 Å². The second-order valence-corrected chi connectivity index (χ2v) is 4.28. The number of rotatable bonds is 6. The highest BCUT2D eigenvalue weighted by Gasteiger charge is 1.95. The van der Waals surface area contributed by atoms with E-state index in [0.717, 1.165) is 12.8 Å². The van der Waals surface area contributed by atoms with Crippen molar-refractivity contribution in [2.24, 2.45) is 0 Å². The van der Waals surface area contributed by atoms with Crippen molar-refractivity contribution in [1.29, 1.82) is 0 Å². The van der Waals surface area contributed by atoms with Crippen molar-refractivity contribution in [2.75, 3.05) is 7.11 Å². The summed E-state index contributed by atoms with van der Waals surface area (Å²) in [6.07, 6.45) is 10.3. The van der Waals surface area contributed by atoms with E-state index in [2.05, 4.69) is 61.6 Å². The molecule has 0 spiro atoms. The summed E-state index contributed by atoms with van der Waals surface area (Å²) in [7, 11) is 1.31. The van der Waals surface area contributed by atoms with Crippen molar-refractivity contribution >= 4 is 6.47 Å². The third-order valence-corrected chi connectivity index (χ3v) is 2.74. The molecule has 1 aromatic rings. The molecule has 0 aliphatic rings. The first-order chi connectivity index (χ1) is 10.7. The monoisotopic (exact) mass is 302 g/mol. The molecule has 0 saturated carbocycles. The molecule has 0 aliphatic carbocycles. The number of benzene rings is 1. The van der Waals surface area contributed by atoms with Gasteiger partial charge in [-0.05, 0) is 32.3 Å². The molecule has 0 radical (unpaired) electrons. The minimum Gasteiger partial charge on any atom is -0.471 e. The van der Waals surface area contributed by atoms with Gasteiger partial charge in [-0.1, -0.05) is 80.1 Å². The maximum Gasteiger partial charge on any atom is 0.292 e. The van der Waals surface area contributed by atoms with Gasteiger partial charge in [-0.2, -0.15) is 0 Å². The second kappa shape index (κ2) is 17.0. The van der Waals surface area contributed by atoms with E-state index < -0.39 is 0 Å². The Labute approximate surface area is 136 Å². The van der Waals surface area contributed by atoms with Gasteiger partial charge in [0.2, 0.25) is 0 Å². The number of hydrogen-bond acceptors (Lipinski definition) is 2. The molecule has 2 heteroatoms. The molecule has 0 aromatic heterocycles. The van der Waals surface area contributed by atoms with Crippen LogP contribution in [0.3, 0.4) is 0 Å². The zero-order valence-corrected chi connectivity index (χ0v) is 14.6. The van der Waals surface area contributed by atoms with Crippen LogP contribution in [0.25, 0.3) is 0 Å². The Bertz CT molecular complexity index is 439. The molecule has 0 unspecified atom stereocenters. The predicted molar refractivity (Wildman–Crippen MR) is 97.0 cm³/mol. The van der Waals surface area contributed by atoms with Gasteiger partial charge in [-0.3, -0.25) is 4.79 Å². The standard InChI is InChI=1S/C16H20.C2H4O2.C2H6/c1-4-6-7-15(5-2)12-13-16-10-8-14(3)9-11-16;1-4-2-3;1-2/h4-11H,1,12-13H2,2-3H3;2H,1H3;1-2H3/b7-6-,15-5+;;. The first kappa shape index (κ1) is 22.2. The molecule has 122 valence electrons. The Morgan fingerprint density at radius 3 is 2.18 bits per heavy atom. The molecule has 0 fully saturated rings. The van der Waals surface area contributed by atoms with Crippen LogP contribution in [-0.4, -0.2) is 13.6 Å². The molecular formula is C20H30O2. The molecule has 0 aliphatic heterocycles. The Balaban J connectivity index is 0. The van der Waals surface area contributed by atoms with E-state index in [1.165, 1.54) is 23.8 Å². The van der Waals surface area contributed by atoms with E-state index >= 15 is 0 Å². The smallest absolute Gasteiger partial charge is 0.292 e. The van der Waals surface area contributed by atoms with E-state index in [4.69, 9.17) is 4.79 Å². The van der Waals surface area contributed by atoms with Crippen LogP contribution >= 0.6 is 0 Å². The van der Waals surface area contributed by atoms with E-state index in [0.29, 0.717) is 6.47 Å². The van der Waals surface area contributed by atoms with Crippen LogP contribution in [0.5, 0.6) is 0 Å². The molecular weight excluding hydrogens is 272 g/mol. The van der Waals surface area contributed by atoms with Crippen molar-refractivity contribution in [3.8, 4) is 0 Å². The largest absolute Gasteiger partial charge is 0.471 e. The minimum atomic E-state index is 0.375. The highest BCUT2D eigenvalue weighted by Crippen LogP contribution is 2.11. The van der Waals surface area contributed by atoms with Crippen LogP contribution in [0.2, 0.25) is 0 Å². The van der Waals surface area contributed by atoms with Crippen LogP contribution in [0.15, 0.2) is 60.7 Å². The molecule has 0 saturated heterocycles. The number of carbonyl (C=O) groups excluding carboxylic acids is 1. The van der Waals surface area contributed by atoms with Gasteiger partial charge >= 0.3 is 0 Å². The summed E-state index contributed by atoms with van der Waals surface area (Å²) >= 11 is 0. The number of allylic oxidation sites excluding steroid dienone is 5. The van der Waals surface area contributed by atoms with E-state index in [1.54, 1.807) is 0 Å². The normalized spacial score (nSPS) is 9.95. The molecule has 0 amide bonds. The first-order valence-corrected chi connectivity index (χ1v) is 7.64. The van der Waals surface area contributed by atoms with E-state index in [1.807, 2.05) is 26.0 Å². The molecule has 0 bridgehead atoms. The van der Waals surface area contributed by atoms with Gasteiger partial charge in [0.15, 0.2) is 0 Å². The minimum absolute atomic E-state index is 0.375. The first-order valence-electron chi connectivity index (χ1n) is 7.64. The number of aryl methyl sites for hydroxylation is 2. The number of ether oxygens (including phenoxy) is 1. The van der Waals surface area contributed by atoms with E-state index in [9.17, 15) is 0 Å². The van der Waals surface area contributed by atoms with Crippen molar-refractivity contribution in [3.05, 3.63) is 71.8 Å². The molecule has 0 heterocycles. The lowest BCUT2D eigenvalue weighted by atomic mass is 10.0. The molecule has 1 aromatic carbocycles. The van der Waals surface area contributed by atoms with Gasteiger partial charge in [0.1, 0.15) is 0 Å². The summed E-state index contributed by atoms with van der Waals surface area (Å²) in [4.78, 5) is 8.95. The Morgan fingerprint density at radius 2 is 1.77 bits per heavy atom. The quantitative estimate of drug-likeness (QED) is 0.517. The molecule has 2 nitrogen and oxygen atoms in total. The fourth-order valence-electron chi connectivity index (χ4n) is 1.56. The molecule has 22 heavy (non-hydrogen) atoms. The zero-order valence-electron chi connectivity index (χ0n) is 14.6. The average Bonchev–Trinajstić information content (AvgIpc) is 2.58. The average molecular weight is 302 g/mol. The Hall–Kier alpha value is -2.09. The predicted octanol–water partition coefficient (Wildman–Crippen LogP) is 5.43.